The number of hydrogen-bond acceptors (Lipinski definition) is 0. The summed E-state index contributed by atoms with van der Waals surface area (Å²) in [6.07, 6.45) is 6.65. The molecule has 4 aromatic carbocycles. The monoisotopic (exact) mass is 630 g/mol. The van der Waals surface area contributed by atoms with Gasteiger partial charge >= 0.3 is 243 Å². The van der Waals surface area contributed by atoms with E-state index in [1.165, 1.54) is 63.7 Å². The molecule has 38 heavy (non-hydrogen) atoms. The van der Waals surface area contributed by atoms with Crippen molar-refractivity contribution >= 4 is 46.3 Å². The van der Waals surface area contributed by atoms with Crippen LogP contribution in [0, 0.1) is 0 Å². The van der Waals surface area contributed by atoms with Crippen LogP contribution in [-0.2, 0) is 30.7 Å². The molecule has 2 aliphatic rings. The molecule has 192 valence electrons. The van der Waals surface area contributed by atoms with Crippen molar-refractivity contribution in [3.63, 3.8) is 0 Å². The van der Waals surface area contributed by atoms with Crippen molar-refractivity contribution in [2.24, 2.45) is 0 Å². The number of allylic oxidation sites excluding steroid dienone is 1. The van der Waals surface area contributed by atoms with Gasteiger partial charge in [0.15, 0.2) is 0 Å². The molecule has 1 aliphatic carbocycles. The second-order valence-corrected chi connectivity index (χ2v) is 26.5. The van der Waals surface area contributed by atoms with E-state index in [4.69, 9.17) is 17.0 Å². The van der Waals surface area contributed by atoms with Gasteiger partial charge in [-0.15, -0.1) is 0 Å². The van der Waals surface area contributed by atoms with Crippen molar-refractivity contribution in [2.75, 3.05) is 0 Å². The number of hydrogen-bond donors (Lipinski definition) is 0. The van der Waals surface area contributed by atoms with Crippen molar-refractivity contribution in [3.8, 4) is 22.3 Å². The maximum absolute atomic E-state index is 7.84. The normalized spacial score (nSPS) is 16.3. The third-order valence-electron chi connectivity index (χ3n) is 8.54. The maximum atomic E-state index is 7.84. The Morgan fingerprint density at radius 2 is 1.45 bits per heavy atom. The van der Waals surface area contributed by atoms with Gasteiger partial charge in [-0.3, -0.25) is 0 Å². The summed E-state index contributed by atoms with van der Waals surface area (Å²) in [5.41, 5.74) is 12.5. The first-order chi connectivity index (χ1) is 18.5. The second-order valence-electron chi connectivity index (χ2n) is 10.7. The molecule has 0 fully saturated rings. The van der Waals surface area contributed by atoms with E-state index in [1.54, 1.807) is 0 Å². The number of halogens is 2. The fourth-order valence-electron chi connectivity index (χ4n) is 6.80. The van der Waals surface area contributed by atoms with E-state index in [0.717, 1.165) is 25.7 Å². The molecule has 0 saturated heterocycles. The van der Waals surface area contributed by atoms with Crippen LogP contribution in [0.2, 0.25) is 0 Å². The molecule has 1 unspecified atom stereocenters. The Morgan fingerprint density at radius 3 is 2.21 bits per heavy atom. The second kappa shape index (κ2) is 10.7. The van der Waals surface area contributed by atoms with E-state index in [1.807, 2.05) is 0 Å². The number of aryl methyl sites for hydroxylation is 2. The summed E-state index contributed by atoms with van der Waals surface area (Å²) in [6, 6.07) is 29.3. The van der Waals surface area contributed by atoms with E-state index >= 15 is 0 Å². The summed E-state index contributed by atoms with van der Waals surface area (Å²) < 4.78 is 1.46. The van der Waals surface area contributed by atoms with E-state index in [-0.39, 0.29) is 3.63 Å². The quantitative estimate of drug-likeness (QED) is 0.162. The van der Waals surface area contributed by atoms with Crippen LogP contribution in [0.5, 0.6) is 0 Å². The van der Waals surface area contributed by atoms with Gasteiger partial charge in [-0.05, 0) is 0 Å². The van der Waals surface area contributed by atoms with Gasteiger partial charge in [-0.2, -0.15) is 0 Å². The molecule has 4 aromatic rings. The first kappa shape index (κ1) is 26.5. The van der Waals surface area contributed by atoms with Crippen LogP contribution in [0.1, 0.15) is 59.5 Å². The first-order valence-corrected chi connectivity index (χ1v) is 24.4. The van der Waals surface area contributed by atoms with Gasteiger partial charge in [0.1, 0.15) is 0 Å². The molecule has 0 N–H and O–H groups in total. The van der Waals surface area contributed by atoms with E-state index in [9.17, 15) is 0 Å². The molecular weight excluding hydrogens is 599 g/mol. The van der Waals surface area contributed by atoms with Gasteiger partial charge in [-0.25, -0.2) is 0 Å². The van der Waals surface area contributed by atoms with Crippen LogP contribution in [0.25, 0.3) is 28.3 Å². The first-order valence-electron chi connectivity index (χ1n) is 14.0. The zero-order valence-electron chi connectivity index (χ0n) is 22.5. The van der Waals surface area contributed by atoms with Gasteiger partial charge in [0, 0.05) is 0 Å². The number of benzene rings is 4. The topological polar surface area (TPSA) is 0 Å². The third-order valence-corrected chi connectivity index (χ3v) is 22.9. The Kier molecular flexibility index (Phi) is 7.47. The molecule has 1 aliphatic heterocycles. The predicted octanol–water partition coefficient (Wildman–Crippen LogP) is 7.60. The average Bonchev–Trinajstić information content (AvgIpc) is 3.51. The van der Waals surface area contributed by atoms with Crippen molar-refractivity contribution in [2.45, 2.75) is 50.1 Å². The molecule has 0 bridgehead atoms. The number of fused-ring (bicyclic) bond motifs is 4. The van der Waals surface area contributed by atoms with E-state index < -0.39 is 27.4 Å². The Labute approximate surface area is 241 Å². The Hall–Kier alpha value is -1.70. The number of rotatable bonds is 7. The van der Waals surface area contributed by atoms with Gasteiger partial charge in [-0.1, -0.05) is 0 Å². The summed E-state index contributed by atoms with van der Waals surface area (Å²) >= 11 is -3.94. The van der Waals surface area contributed by atoms with Gasteiger partial charge in [0.25, 0.3) is 0 Å². The van der Waals surface area contributed by atoms with Crippen LogP contribution in [-0.4, -0.2) is 9.52 Å². The van der Waals surface area contributed by atoms with Crippen molar-refractivity contribution in [3.05, 3.63) is 107 Å². The van der Waals surface area contributed by atoms with E-state index in [2.05, 4.69) is 106 Å². The Balaban J connectivity index is 1.55. The fourth-order valence-corrected chi connectivity index (χ4v) is 23.7. The average molecular weight is 633 g/mol. The molecule has 0 amide bonds. The molecule has 0 spiro atoms. The zero-order valence-corrected chi connectivity index (χ0v) is 27.8. The molecule has 4 heteroatoms. The molecule has 1 heterocycles. The van der Waals surface area contributed by atoms with Gasteiger partial charge in [0.05, 0.1) is 0 Å². The SMILES string of the molecule is CCCC1=Cc2c(ccc(CC)c2-c2ccccc2CC)[CH]1[Zr]([Cl])([Cl])[c]1cccc2c1[SiH2]c1ccccc1-2. The molecule has 6 rings (SSSR count). The van der Waals surface area contributed by atoms with Crippen molar-refractivity contribution < 1.29 is 17.9 Å². The molecule has 0 radical (unpaired) electrons. The summed E-state index contributed by atoms with van der Waals surface area (Å²) in [7, 11) is 15.1. The molecule has 0 aromatic heterocycles. The standard InChI is InChI=1S/C22H25.C12H9Si.2ClH.Zr/c1-4-9-16-14-19-13-12-18(6-3)22(21(19)15-16)20-11-8-7-10-17(20)5-2;1-3-7-11-9(5-1)10-6-2-4-8-12(10)13-11;;;/h7-8,10-15H,4-6,9H2,1-3H3;1-7H,13H2;2*1H;/q;;;;+2/p-2. The summed E-state index contributed by atoms with van der Waals surface area (Å²) in [6.45, 7) is 6.80. The van der Waals surface area contributed by atoms with Gasteiger partial charge < -0.3 is 0 Å². The molecular formula is C34H34Cl2SiZr. The Morgan fingerprint density at radius 1 is 0.737 bits per heavy atom. The molecule has 1 atom stereocenters. The minimum absolute atomic E-state index is 0.144. The van der Waals surface area contributed by atoms with Crippen LogP contribution in [0.3, 0.4) is 0 Å². The van der Waals surface area contributed by atoms with Crippen LogP contribution < -0.4 is 13.6 Å². The van der Waals surface area contributed by atoms with Crippen molar-refractivity contribution in [1.82, 2.24) is 0 Å². The zero-order chi connectivity index (χ0) is 26.4. The predicted molar refractivity (Wildman–Crippen MR) is 167 cm³/mol. The molecule has 0 saturated carbocycles. The summed E-state index contributed by atoms with van der Waals surface area (Å²) in [5, 5.41) is 3.02. The summed E-state index contributed by atoms with van der Waals surface area (Å²) in [4.78, 5) is 0. The summed E-state index contributed by atoms with van der Waals surface area (Å²) in [5.74, 6) is 0. The molecule has 0 nitrogen and oxygen atoms in total. The van der Waals surface area contributed by atoms with Crippen molar-refractivity contribution in [1.29, 1.82) is 0 Å². The van der Waals surface area contributed by atoms with Crippen LogP contribution in [0.4, 0.5) is 0 Å². The minimum atomic E-state index is -3.94. The van der Waals surface area contributed by atoms with Gasteiger partial charge in [0.2, 0.25) is 0 Å². The van der Waals surface area contributed by atoms with Crippen LogP contribution >= 0.6 is 17.0 Å². The third kappa shape index (κ3) is 4.28. The van der Waals surface area contributed by atoms with E-state index in [0.29, 0.717) is 0 Å². The Bertz CT molecular complexity index is 1570. The van der Waals surface area contributed by atoms with Crippen LogP contribution in [0.15, 0.2) is 84.4 Å². The fraction of sp³-hybridized carbons (Fsp3) is 0.235.